The molecule has 0 saturated carbocycles. The first-order valence-corrected chi connectivity index (χ1v) is 5.91. The van der Waals surface area contributed by atoms with Gasteiger partial charge in [-0.3, -0.25) is 4.79 Å². The van der Waals surface area contributed by atoms with Gasteiger partial charge >= 0.3 is 0 Å². The smallest absolute Gasteiger partial charge is 0.254 e. The van der Waals surface area contributed by atoms with Crippen molar-refractivity contribution in [1.82, 2.24) is 0 Å². The van der Waals surface area contributed by atoms with Crippen molar-refractivity contribution in [2.24, 2.45) is 0 Å². The Hall–Kier alpha value is -2.13. The third-order valence-electron chi connectivity index (χ3n) is 3.34. The van der Waals surface area contributed by atoms with Gasteiger partial charge in [-0.15, -0.1) is 0 Å². The molecule has 1 aliphatic heterocycles. The Morgan fingerprint density at radius 3 is 2.39 bits per heavy atom. The molecule has 1 atom stereocenters. The SMILES string of the molecule is [O]N1C(=O)CC(c2ccccc2)c2ccccc21. The lowest BCUT2D eigenvalue weighted by atomic mass is 9.85. The van der Waals surface area contributed by atoms with Crippen LogP contribution in [-0.2, 0) is 10.0 Å². The monoisotopic (exact) mass is 238 g/mol. The lowest BCUT2D eigenvalue weighted by Crippen LogP contribution is -2.32. The maximum Gasteiger partial charge on any atom is 0.254 e. The summed E-state index contributed by atoms with van der Waals surface area (Å²) in [5, 5.41) is 12.3. The number of nitrogens with zero attached hydrogens (tertiary/aromatic N) is 1. The topological polar surface area (TPSA) is 40.2 Å². The minimum absolute atomic E-state index is 0.0138. The molecule has 0 saturated heterocycles. The summed E-state index contributed by atoms with van der Waals surface area (Å²) in [6.45, 7) is 0. The van der Waals surface area contributed by atoms with Crippen LogP contribution in [0.25, 0.3) is 0 Å². The highest BCUT2D eigenvalue weighted by Crippen LogP contribution is 2.38. The molecule has 0 aromatic heterocycles. The van der Waals surface area contributed by atoms with E-state index in [0.717, 1.165) is 11.1 Å². The molecule has 2 aromatic rings. The van der Waals surface area contributed by atoms with Crippen molar-refractivity contribution >= 4 is 11.6 Å². The highest BCUT2D eigenvalue weighted by Gasteiger charge is 2.31. The largest absolute Gasteiger partial charge is 0.272 e. The molecular weight excluding hydrogens is 226 g/mol. The first-order valence-electron chi connectivity index (χ1n) is 5.91. The summed E-state index contributed by atoms with van der Waals surface area (Å²) in [6, 6.07) is 17.1. The van der Waals surface area contributed by atoms with Crippen LogP contribution in [0.3, 0.4) is 0 Å². The Labute approximate surface area is 105 Å². The predicted molar refractivity (Wildman–Crippen MR) is 67.5 cm³/mol. The van der Waals surface area contributed by atoms with Crippen molar-refractivity contribution in [2.45, 2.75) is 12.3 Å². The standard InChI is InChI=1S/C15H12NO2/c17-15-10-13(11-6-2-1-3-7-11)12-8-4-5-9-14(12)16(15)18/h1-9,13H,10H2. The molecule has 18 heavy (non-hydrogen) atoms. The zero-order chi connectivity index (χ0) is 12.5. The predicted octanol–water partition coefficient (Wildman–Crippen LogP) is 2.90. The van der Waals surface area contributed by atoms with E-state index >= 15 is 0 Å². The van der Waals surface area contributed by atoms with Gasteiger partial charge in [-0.1, -0.05) is 53.7 Å². The number of amides is 1. The van der Waals surface area contributed by atoms with E-state index in [9.17, 15) is 10.0 Å². The average Bonchev–Trinajstić information content (AvgIpc) is 2.44. The van der Waals surface area contributed by atoms with Crippen LogP contribution in [0, 0.1) is 0 Å². The van der Waals surface area contributed by atoms with Gasteiger partial charge in [0, 0.05) is 12.3 Å². The minimum Gasteiger partial charge on any atom is -0.272 e. The molecule has 1 radical (unpaired) electrons. The van der Waals surface area contributed by atoms with Crippen molar-refractivity contribution in [3.63, 3.8) is 0 Å². The van der Waals surface area contributed by atoms with Gasteiger partial charge in [0.05, 0.1) is 5.69 Å². The molecule has 1 amide bonds. The van der Waals surface area contributed by atoms with Gasteiger partial charge < -0.3 is 0 Å². The Balaban J connectivity index is 2.13. The molecule has 0 spiro atoms. The maximum absolute atomic E-state index is 11.8. The second-order valence-corrected chi connectivity index (χ2v) is 4.41. The first kappa shape index (κ1) is 11.0. The number of anilines is 1. The van der Waals surface area contributed by atoms with Crippen LogP contribution in [0.2, 0.25) is 0 Å². The zero-order valence-corrected chi connectivity index (χ0v) is 9.74. The highest BCUT2D eigenvalue weighted by molar-refractivity contribution is 5.95. The van der Waals surface area contributed by atoms with Crippen LogP contribution in [0.1, 0.15) is 23.5 Å². The van der Waals surface area contributed by atoms with E-state index < -0.39 is 0 Å². The van der Waals surface area contributed by atoms with E-state index in [2.05, 4.69) is 0 Å². The molecule has 1 aliphatic rings. The molecule has 1 heterocycles. The highest BCUT2D eigenvalue weighted by atomic mass is 16.5. The number of benzene rings is 2. The summed E-state index contributed by atoms with van der Waals surface area (Å²) in [7, 11) is 0. The van der Waals surface area contributed by atoms with Gasteiger partial charge in [0.1, 0.15) is 0 Å². The van der Waals surface area contributed by atoms with E-state index in [0.29, 0.717) is 10.8 Å². The molecule has 3 rings (SSSR count). The molecule has 0 N–H and O–H groups in total. The number of para-hydroxylation sites is 1. The number of hydrogen-bond acceptors (Lipinski definition) is 1. The van der Waals surface area contributed by atoms with Crippen molar-refractivity contribution in [1.29, 1.82) is 0 Å². The van der Waals surface area contributed by atoms with Crippen molar-refractivity contribution in [3.8, 4) is 0 Å². The van der Waals surface area contributed by atoms with Gasteiger partial charge in [0.2, 0.25) is 0 Å². The van der Waals surface area contributed by atoms with Crippen molar-refractivity contribution in [3.05, 3.63) is 65.7 Å². The third-order valence-corrected chi connectivity index (χ3v) is 3.34. The van der Waals surface area contributed by atoms with Crippen molar-refractivity contribution < 1.29 is 10.0 Å². The molecule has 0 aliphatic carbocycles. The van der Waals surface area contributed by atoms with Gasteiger partial charge in [0.15, 0.2) is 0 Å². The number of fused-ring (bicyclic) bond motifs is 1. The molecule has 89 valence electrons. The first-order chi connectivity index (χ1) is 8.77. The average molecular weight is 238 g/mol. The van der Waals surface area contributed by atoms with E-state index in [1.807, 2.05) is 42.5 Å². The molecule has 0 bridgehead atoms. The van der Waals surface area contributed by atoms with Gasteiger partial charge in [-0.05, 0) is 17.2 Å². The van der Waals surface area contributed by atoms with Crippen LogP contribution in [0.5, 0.6) is 0 Å². The van der Waals surface area contributed by atoms with E-state index in [1.54, 1.807) is 12.1 Å². The molecule has 0 fully saturated rings. The van der Waals surface area contributed by atoms with Crippen LogP contribution < -0.4 is 5.06 Å². The summed E-state index contributed by atoms with van der Waals surface area (Å²) in [4.78, 5) is 11.8. The molecule has 1 unspecified atom stereocenters. The lowest BCUT2D eigenvalue weighted by Gasteiger charge is -2.28. The van der Waals surface area contributed by atoms with Crippen molar-refractivity contribution in [2.75, 3.05) is 5.06 Å². The number of carbonyl (C=O) groups is 1. The summed E-state index contributed by atoms with van der Waals surface area (Å²) in [5.41, 5.74) is 2.48. The van der Waals surface area contributed by atoms with Gasteiger partial charge in [-0.2, -0.15) is 5.06 Å². The van der Waals surface area contributed by atoms with Gasteiger partial charge in [0.25, 0.3) is 5.91 Å². The second kappa shape index (κ2) is 4.27. The second-order valence-electron chi connectivity index (χ2n) is 4.41. The van der Waals surface area contributed by atoms with E-state index in [1.165, 1.54) is 0 Å². The van der Waals surface area contributed by atoms with Crippen LogP contribution in [0.4, 0.5) is 5.69 Å². The number of hydrogen-bond donors (Lipinski definition) is 0. The molecular formula is C15H12NO2. The van der Waals surface area contributed by atoms with Crippen LogP contribution >= 0.6 is 0 Å². The fourth-order valence-electron chi connectivity index (χ4n) is 2.45. The van der Waals surface area contributed by atoms with Gasteiger partial charge in [-0.25, -0.2) is 0 Å². The summed E-state index contributed by atoms with van der Waals surface area (Å²) < 4.78 is 0. The lowest BCUT2D eigenvalue weighted by molar-refractivity contribution is -0.126. The Bertz CT molecular complexity index is 580. The Morgan fingerprint density at radius 2 is 1.61 bits per heavy atom. The summed E-state index contributed by atoms with van der Waals surface area (Å²) in [5.74, 6) is -0.386. The van der Waals surface area contributed by atoms with Crippen LogP contribution in [-0.4, -0.2) is 5.91 Å². The number of rotatable bonds is 1. The fourth-order valence-corrected chi connectivity index (χ4v) is 2.45. The number of hydroxylamine groups is 1. The normalized spacial score (nSPS) is 18.6. The molecule has 3 heteroatoms. The molecule has 2 aromatic carbocycles. The Morgan fingerprint density at radius 1 is 0.944 bits per heavy atom. The van der Waals surface area contributed by atoms with E-state index in [4.69, 9.17) is 0 Å². The summed E-state index contributed by atoms with van der Waals surface area (Å²) in [6.07, 6.45) is 0.241. The summed E-state index contributed by atoms with van der Waals surface area (Å²) >= 11 is 0. The Kier molecular flexibility index (Phi) is 2.61. The minimum atomic E-state index is -0.373. The van der Waals surface area contributed by atoms with E-state index in [-0.39, 0.29) is 18.2 Å². The zero-order valence-electron chi connectivity index (χ0n) is 9.74. The maximum atomic E-state index is 11.8. The number of carbonyl (C=O) groups excluding carboxylic acids is 1. The van der Waals surface area contributed by atoms with Crippen LogP contribution in [0.15, 0.2) is 54.6 Å². The quantitative estimate of drug-likeness (QED) is 0.753. The fraction of sp³-hybridized carbons (Fsp3) is 0.133. The third kappa shape index (κ3) is 1.69. The molecule has 3 nitrogen and oxygen atoms in total.